The Hall–Kier alpha value is -2.04. The monoisotopic (exact) mass is 436 g/mol. The molecule has 3 aliphatic heterocycles. The van der Waals surface area contributed by atoms with E-state index >= 15 is 0 Å². The molecule has 3 saturated heterocycles. The molecular weight excluding hydrogens is 408 g/mol. The molecular formula is C26H29ClN2O2. The van der Waals surface area contributed by atoms with Gasteiger partial charge in [0.15, 0.2) is 0 Å². The molecule has 5 heteroatoms. The number of nitrogens with zero attached hydrogens (tertiary/aromatic N) is 1. The minimum atomic E-state index is -0.240. The predicted molar refractivity (Wildman–Crippen MR) is 122 cm³/mol. The number of nitrogens with one attached hydrogen (secondary N) is 1. The number of carbonyl (C=O) groups is 1. The Labute approximate surface area is 188 Å². The van der Waals surface area contributed by atoms with Crippen LogP contribution in [-0.2, 0) is 11.2 Å². The van der Waals surface area contributed by atoms with Crippen LogP contribution < -0.4 is 5.32 Å². The van der Waals surface area contributed by atoms with Crippen LogP contribution >= 0.6 is 11.6 Å². The van der Waals surface area contributed by atoms with Crippen LogP contribution in [0.25, 0.3) is 11.1 Å². The summed E-state index contributed by atoms with van der Waals surface area (Å²) < 4.78 is 5.99. The summed E-state index contributed by atoms with van der Waals surface area (Å²) in [6.45, 7) is 3.19. The molecule has 31 heavy (non-hydrogen) atoms. The first-order valence-corrected chi connectivity index (χ1v) is 12.1. The maximum atomic E-state index is 13.0. The zero-order valence-corrected chi connectivity index (χ0v) is 18.5. The normalized spacial score (nSPS) is 30.0. The van der Waals surface area contributed by atoms with Gasteiger partial charge in [-0.15, -0.1) is 0 Å². The zero-order chi connectivity index (χ0) is 21.0. The van der Waals surface area contributed by atoms with E-state index in [4.69, 9.17) is 16.3 Å². The van der Waals surface area contributed by atoms with Gasteiger partial charge in [-0.25, -0.2) is 4.79 Å². The summed E-state index contributed by atoms with van der Waals surface area (Å²) in [5.41, 5.74) is 5.06. The van der Waals surface area contributed by atoms with E-state index in [2.05, 4.69) is 34.5 Å². The van der Waals surface area contributed by atoms with Crippen molar-refractivity contribution in [2.24, 2.45) is 11.3 Å². The fraction of sp³-hybridized carbons (Fsp3) is 0.500. The quantitative estimate of drug-likeness (QED) is 0.681. The molecule has 2 aromatic carbocycles. The SMILES string of the molecule is O=C(NC1c2cc(-c3cccc(Cl)c3)ccc2CCC12CC2)O[C@H]1CN2CCC1CC2. The smallest absolute Gasteiger partial charge is 0.407 e. The van der Waals surface area contributed by atoms with Gasteiger partial charge in [-0.05, 0) is 103 Å². The zero-order valence-electron chi connectivity index (χ0n) is 17.8. The van der Waals surface area contributed by atoms with E-state index in [1.165, 1.54) is 24.0 Å². The number of rotatable bonds is 3. The van der Waals surface area contributed by atoms with E-state index in [1.54, 1.807) is 0 Å². The second-order valence-electron chi connectivity index (χ2n) is 9.95. The molecule has 1 amide bonds. The van der Waals surface area contributed by atoms with Gasteiger partial charge in [0.05, 0.1) is 6.04 Å². The maximum Gasteiger partial charge on any atom is 0.407 e. The fourth-order valence-corrected chi connectivity index (χ4v) is 6.25. The third-order valence-electron chi connectivity index (χ3n) is 8.13. The summed E-state index contributed by atoms with van der Waals surface area (Å²) in [4.78, 5) is 15.4. The summed E-state index contributed by atoms with van der Waals surface area (Å²) in [6, 6.07) is 14.7. The van der Waals surface area contributed by atoms with Crippen molar-refractivity contribution in [2.75, 3.05) is 19.6 Å². The Morgan fingerprint density at radius 2 is 1.87 bits per heavy atom. The first-order chi connectivity index (χ1) is 15.1. The van der Waals surface area contributed by atoms with Crippen molar-refractivity contribution in [2.45, 2.75) is 50.7 Å². The van der Waals surface area contributed by atoms with E-state index in [-0.39, 0.29) is 23.7 Å². The Morgan fingerprint density at radius 1 is 1.06 bits per heavy atom. The topological polar surface area (TPSA) is 41.6 Å². The number of halogens is 1. The minimum absolute atomic E-state index is 0.0315. The predicted octanol–water partition coefficient (Wildman–Crippen LogP) is 5.59. The van der Waals surface area contributed by atoms with Crippen LogP contribution in [0.5, 0.6) is 0 Å². The van der Waals surface area contributed by atoms with Crippen LogP contribution in [0.3, 0.4) is 0 Å². The van der Waals surface area contributed by atoms with Gasteiger partial charge in [-0.2, -0.15) is 0 Å². The minimum Gasteiger partial charge on any atom is -0.445 e. The number of fused-ring (bicyclic) bond motifs is 4. The molecule has 1 N–H and O–H groups in total. The molecule has 2 aromatic rings. The summed E-state index contributed by atoms with van der Waals surface area (Å²) in [7, 11) is 0. The van der Waals surface area contributed by atoms with E-state index in [0.29, 0.717) is 5.92 Å². The lowest BCUT2D eigenvalue weighted by atomic mass is 9.76. The summed E-state index contributed by atoms with van der Waals surface area (Å²) in [5.74, 6) is 0.527. The van der Waals surface area contributed by atoms with Gasteiger partial charge < -0.3 is 10.1 Å². The number of aryl methyl sites for hydroxylation is 1. The molecule has 0 radical (unpaired) electrons. The van der Waals surface area contributed by atoms with Gasteiger partial charge in [0.2, 0.25) is 0 Å². The molecule has 1 saturated carbocycles. The standard InChI is InChI=1S/C26H29ClN2O2/c27-21-3-1-2-19(14-21)20-5-4-17-6-9-26(10-11-26)24(22(17)15-20)28-25(30)31-23-16-29-12-7-18(23)8-13-29/h1-5,14-15,18,23-24H,6-13,16H2,(H,28,30)/t23-,24?/m0/s1. The van der Waals surface area contributed by atoms with E-state index in [0.717, 1.165) is 61.5 Å². The molecule has 0 aromatic heterocycles. The highest BCUT2D eigenvalue weighted by Gasteiger charge is 2.53. The number of amides is 1. The Morgan fingerprint density at radius 3 is 2.58 bits per heavy atom. The van der Waals surface area contributed by atoms with Crippen molar-refractivity contribution in [3.8, 4) is 11.1 Å². The second-order valence-corrected chi connectivity index (χ2v) is 10.4. The maximum absolute atomic E-state index is 13.0. The van der Waals surface area contributed by atoms with E-state index < -0.39 is 0 Å². The number of piperidine rings is 3. The third kappa shape index (κ3) is 3.64. The number of ether oxygens (including phenoxy) is 1. The summed E-state index contributed by atoms with van der Waals surface area (Å²) in [5, 5.41) is 4.06. The van der Waals surface area contributed by atoms with Crippen LogP contribution in [0.4, 0.5) is 4.79 Å². The summed E-state index contributed by atoms with van der Waals surface area (Å²) in [6.07, 6.45) is 6.68. The number of alkyl carbamates (subject to hydrolysis) is 1. The van der Waals surface area contributed by atoms with Crippen LogP contribution in [0, 0.1) is 11.3 Å². The molecule has 7 rings (SSSR count). The first-order valence-electron chi connectivity index (χ1n) is 11.7. The van der Waals surface area contributed by atoms with Gasteiger partial charge in [-0.3, -0.25) is 4.90 Å². The molecule has 3 heterocycles. The molecule has 2 atom stereocenters. The van der Waals surface area contributed by atoms with E-state index in [1.807, 2.05) is 18.2 Å². The average Bonchev–Trinajstić information content (AvgIpc) is 3.57. The lowest BCUT2D eigenvalue weighted by Crippen LogP contribution is -2.53. The second kappa shape index (κ2) is 7.53. The highest BCUT2D eigenvalue weighted by Crippen LogP contribution is 2.61. The Balaban J connectivity index is 1.26. The van der Waals surface area contributed by atoms with Crippen molar-refractivity contribution in [1.82, 2.24) is 10.2 Å². The molecule has 1 unspecified atom stereocenters. The number of benzene rings is 2. The van der Waals surface area contributed by atoms with Crippen molar-refractivity contribution < 1.29 is 9.53 Å². The lowest BCUT2D eigenvalue weighted by Gasteiger charge is -2.44. The third-order valence-corrected chi connectivity index (χ3v) is 8.36. The molecule has 2 bridgehead atoms. The van der Waals surface area contributed by atoms with Gasteiger partial charge in [0, 0.05) is 11.6 Å². The molecule has 162 valence electrons. The lowest BCUT2D eigenvalue weighted by molar-refractivity contribution is -0.0347. The van der Waals surface area contributed by atoms with Crippen molar-refractivity contribution in [3.05, 3.63) is 58.6 Å². The van der Waals surface area contributed by atoms with Gasteiger partial charge in [0.1, 0.15) is 6.10 Å². The van der Waals surface area contributed by atoms with Gasteiger partial charge in [0.25, 0.3) is 0 Å². The summed E-state index contributed by atoms with van der Waals surface area (Å²) >= 11 is 6.23. The first kappa shape index (κ1) is 19.6. The molecule has 2 aliphatic carbocycles. The fourth-order valence-electron chi connectivity index (χ4n) is 6.06. The van der Waals surface area contributed by atoms with E-state index in [9.17, 15) is 4.79 Å². The van der Waals surface area contributed by atoms with Crippen LogP contribution in [0.2, 0.25) is 5.02 Å². The van der Waals surface area contributed by atoms with Crippen molar-refractivity contribution in [1.29, 1.82) is 0 Å². The van der Waals surface area contributed by atoms with Gasteiger partial charge in [-0.1, -0.05) is 35.9 Å². The van der Waals surface area contributed by atoms with Crippen LogP contribution in [0.15, 0.2) is 42.5 Å². The van der Waals surface area contributed by atoms with Crippen molar-refractivity contribution >= 4 is 17.7 Å². The number of carbonyl (C=O) groups excluding carboxylic acids is 1. The molecule has 5 aliphatic rings. The molecule has 4 nitrogen and oxygen atoms in total. The van der Waals surface area contributed by atoms with Crippen LogP contribution in [-0.4, -0.2) is 36.7 Å². The highest BCUT2D eigenvalue weighted by atomic mass is 35.5. The van der Waals surface area contributed by atoms with Crippen LogP contribution in [0.1, 0.15) is 49.3 Å². The largest absolute Gasteiger partial charge is 0.445 e. The highest BCUT2D eigenvalue weighted by molar-refractivity contribution is 6.30. The number of hydrogen-bond donors (Lipinski definition) is 1. The van der Waals surface area contributed by atoms with Crippen molar-refractivity contribution in [3.63, 3.8) is 0 Å². The Kier molecular flexibility index (Phi) is 4.77. The number of hydrogen-bond acceptors (Lipinski definition) is 3. The van der Waals surface area contributed by atoms with Gasteiger partial charge >= 0.3 is 6.09 Å². The molecule has 1 spiro atoms. The average molecular weight is 437 g/mol. The Bertz CT molecular complexity index is 1010. The molecule has 4 fully saturated rings.